The van der Waals surface area contributed by atoms with Crippen LogP contribution in [0.2, 0.25) is 0 Å². The van der Waals surface area contributed by atoms with Crippen LogP contribution in [0.4, 0.5) is 0 Å². The van der Waals surface area contributed by atoms with Crippen LogP contribution in [0.3, 0.4) is 0 Å². The normalized spacial score (nSPS) is 10.6. The molecule has 0 spiro atoms. The van der Waals surface area contributed by atoms with Crippen molar-refractivity contribution in [1.82, 2.24) is 14.7 Å². The summed E-state index contributed by atoms with van der Waals surface area (Å²) in [7, 11) is 3.52. The van der Waals surface area contributed by atoms with Gasteiger partial charge in [-0.15, -0.1) is 0 Å². The average Bonchev–Trinajstić information content (AvgIpc) is 2.99. The molecule has 0 bridgehead atoms. The minimum Gasteiger partial charge on any atom is -0.345 e. The number of rotatable bonds is 4. The van der Waals surface area contributed by atoms with Crippen molar-refractivity contribution in [3.8, 4) is 11.3 Å². The topological polar surface area (TPSA) is 38.1 Å². The molecule has 1 aromatic heterocycles. The predicted molar refractivity (Wildman–Crippen MR) is 96.0 cm³/mol. The Morgan fingerprint density at radius 3 is 2.33 bits per heavy atom. The van der Waals surface area contributed by atoms with Gasteiger partial charge in [0, 0.05) is 25.9 Å². The summed E-state index contributed by atoms with van der Waals surface area (Å²) in [4.78, 5) is 14.1. The summed E-state index contributed by atoms with van der Waals surface area (Å²) in [6, 6.07) is 18.2. The van der Waals surface area contributed by atoms with E-state index in [4.69, 9.17) is 0 Å². The van der Waals surface area contributed by atoms with Gasteiger partial charge in [-0.1, -0.05) is 60.2 Å². The fourth-order valence-corrected chi connectivity index (χ4v) is 2.59. The second-order valence-electron chi connectivity index (χ2n) is 6.14. The summed E-state index contributed by atoms with van der Waals surface area (Å²) >= 11 is 0. The Labute approximate surface area is 142 Å². The van der Waals surface area contributed by atoms with E-state index in [-0.39, 0.29) is 5.91 Å². The van der Waals surface area contributed by atoms with Gasteiger partial charge in [0.1, 0.15) is 5.69 Å². The molecule has 4 heteroatoms. The van der Waals surface area contributed by atoms with Crippen LogP contribution in [-0.4, -0.2) is 34.7 Å². The van der Waals surface area contributed by atoms with Gasteiger partial charge < -0.3 is 4.90 Å². The fourth-order valence-electron chi connectivity index (χ4n) is 2.59. The molecule has 4 nitrogen and oxygen atoms in total. The maximum absolute atomic E-state index is 12.5. The Morgan fingerprint density at radius 2 is 1.71 bits per heavy atom. The smallest absolute Gasteiger partial charge is 0.257 e. The van der Waals surface area contributed by atoms with Crippen LogP contribution in [0.25, 0.3) is 11.3 Å². The molecule has 24 heavy (non-hydrogen) atoms. The van der Waals surface area contributed by atoms with Crippen molar-refractivity contribution in [3.63, 3.8) is 0 Å². The van der Waals surface area contributed by atoms with Gasteiger partial charge in [-0.25, -0.2) is 0 Å². The number of amides is 1. The minimum atomic E-state index is -0.0371. The largest absolute Gasteiger partial charge is 0.345 e. The molecule has 0 radical (unpaired) electrons. The molecule has 3 rings (SSSR count). The molecule has 2 aromatic carbocycles. The van der Waals surface area contributed by atoms with E-state index in [1.54, 1.807) is 19.0 Å². The Kier molecular flexibility index (Phi) is 4.47. The predicted octanol–water partition coefficient (Wildman–Crippen LogP) is 3.61. The van der Waals surface area contributed by atoms with E-state index in [2.05, 4.69) is 17.2 Å². The molecule has 3 aromatic rings. The minimum absolute atomic E-state index is 0.0371. The van der Waals surface area contributed by atoms with E-state index in [1.807, 2.05) is 60.3 Å². The summed E-state index contributed by atoms with van der Waals surface area (Å²) in [6.07, 6.45) is 1.84. The van der Waals surface area contributed by atoms with Gasteiger partial charge >= 0.3 is 0 Å². The molecule has 0 unspecified atom stereocenters. The number of aryl methyl sites for hydroxylation is 1. The highest BCUT2D eigenvalue weighted by molar-refractivity contribution is 5.99. The van der Waals surface area contributed by atoms with Crippen LogP contribution in [-0.2, 0) is 6.54 Å². The number of benzene rings is 2. The van der Waals surface area contributed by atoms with Crippen molar-refractivity contribution in [3.05, 3.63) is 77.5 Å². The molecule has 0 saturated heterocycles. The number of hydrogen-bond acceptors (Lipinski definition) is 2. The molecular weight excluding hydrogens is 298 g/mol. The number of aromatic nitrogens is 2. The van der Waals surface area contributed by atoms with Crippen LogP contribution >= 0.6 is 0 Å². The highest BCUT2D eigenvalue weighted by Gasteiger charge is 2.19. The highest BCUT2D eigenvalue weighted by Crippen LogP contribution is 2.24. The Balaban J connectivity index is 2.02. The van der Waals surface area contributed by atoms with Gasteiger partial charge in [0.05, 0.1) is 12.1 Å². The van der Waals surface area contributed by atoms with E-state index in [0.29, 0.717) is 12.1 Å². The lowest BCUT2D eigenvalue weighted by molar-refractivity contribution is 0.0828. The molecule has 0 fully saturated rings. The second-order valence-corrected chi connectivity index (χ2v) is 6.14. The zero-order valence-electron chi connectivity index (χ0n) is 14.2. The molecular formula is C20H21N3O. The molecule has 1 heterocycles. The number of hydrogen-bond donors (Lipinski definition) is 0. The van der Waals surface area contributed by atoms with Crippen LogP contribution in [0.15, 0.2) is 60.8 Å². The second kappa shape index (κ2) is 6.71. The van der Waals surface area contributed by atoms with Gasteiger partial charge in [0.25, 0.3) is 5.91 Å². The van der Waals surface area contributed by atoms with Gasteiger partial charge in [-0.05, 0) is 12.5 Å². The third-order valence-electron chi connectivity index (χ3n) is 3.91. The highest BCUT2D eigenvalue weighted by atomic mass is 16.2. The molecule has 1 amide bonds. The third kappa shape index (κ3) is 3.38. The van der Waals surface area contributed by atoms with Gasteiger partial charge in [-0.2, -0.15) is 5.10 Å². The molecule has 0 aliphatic heterocycles. The lowest BCUT2D eigenvalue weighted by Crippen LogP contribution is -2.21. The first-order valence-electron chi connectivity index (χ1n) is 7.94. The number of carbonyl (C=O) groups is 1. The summed E-state index contributed by atoms with van der Waals surface area (Å²) in [5, 5.41) is 4.68. The molecule has 0 N–H and O–H groups in total. The van der Waals surface area contributed by atoms with E-state index in [9.17, 15) is 4.79 Å². The zero-order chi connectivity index (χ0) is 17.1. The first-order valence-corrected chi connectivity index (χ1v) is 7.94. The van der Waals surface area contributed by atoms with E-state index < -0.39 is 0 Å². The van der Waals surface area contributed by atoms with Gasteiger partial charge in [-0.3, -0.25) is 9.48 Å². The van der Waals surface area contributed by atoms with Crippen LogP contribution in [0, 0.1) is 6.92 Å². The monoisotopic (exact) mass is 319 g/mol. The van der Waals surface area contributed by atoms with Crippen molar-refractivity contribution in [1.29, 1.82) is 0 Å². The Bertz CT molecular complexity index is 833. The Hall–Kier alpha value is -2.88. The quantitative estimate of drug-likeness (QED) is 0.737. The lowest BCUT2D eigenvalue weighted by atomic mass is 10.1. The molecule has 0 atom stereocenters. The maximum atomic E-state index is 12.5. The molecule has 0 saturated carbocycles. The third-order valence-corrected chi connectivity index (χ3v) is 3.91. The zero-order valence-corrected chi connectivity index (χ0v) is 14.2. The molecule has 0 aliphatic rings. The first kappa shape index (κ1) is 16.0. The number of nitrogens with zero attached hydrogens (tertiary/aromatic N) is 3. The first-order chi connectivity index (χ1) is 11.5. The molecule has 0 aliphatic carbocycles. The summed E-state index contributed by atoms with van der Waals surface area (Å²) in [6.45, 7) is 2.68. The van der Waals surface area contributed by atoms with Crippen LogP contribution < -0.4 is 0 Å². The standard InChI is InChI=1S/C20H21N3O/c1-15-9-11-17(12-10-15)19-18(20(24)22(2)3)14-23(21-19)13-16-7-5-4-6-8-16/h4-12,14H,13H2,1-3H3. The average molecular weight is 319 g/mol. The SMILES string of the molecule is Cc1ccc(-c2nn(Cc3ccccc3)cc2C(=O)N(C)C)cc1. The number of carbonyl (C=O) groups excluding carboxylic acids is 1. The van der Waals surface area contributed by atoms with E-state index >= 15 is 0 Å². The van der Waals surface area contributed by atoms with Crippen molar-refractivity contribution in [2.45, 2.75) is 13.5 Å². The van der Waals surface area contributed by atoms with E-state index in [1.165, 1.54) is 5.56 Å². The summed E-state index contributed by atoms with van der Waals surface area (Å²) in [5.41, 5.74) is 4.64. The van der Waals surface area contributed by atoms with Crippen LogP contribution in [0.1, 0.15) is 21.5 Å². The fraction of sp³-hybridized carbons (Fsp3) is 0.200. The van der Waals surface area contributed by atoms with Crippen molar-refractivity contribution >= 4 is 5.91 Å². The molecule has 122 valence electrons. The van der Waals surface area contributed by atoms with Crippen molar-refractivity contribution < 1.29 is 4.79 Å². The summed E-state index contributed by atoms with van der Waals surface area (Å²) < 4.78 is 1.83. The van der Waals surface area contributed by atoms with Crippen LogP contribution in [0.5, 0.6) is 0 Å². The maximum Gasteiger partial charge on any atom is 0.257 e. The lowest BCUT2D eigenvalue weighted by Gasteiger charge is -2.09. The Morgan fingerprint density at radius 1 is 1.04 bits per heavy atom. The van der Waals surface area contributed by atoms with Gasteiger partial charge in [0.15, 0.2) is 0 Å². The van der Waals surface area contributed by atoms with Crippen molar-refractivity contribution in [2.24, 2.45) is 0 Å². The van der Waals surface area contributed by atoms with E-state index in [0.717, 1.165) is 16.8 Å². The van der Waals surface area contributed by atoms with Gasteiger partial charge in [0.2, 0.25) is 0 Å². The summed E-state index contributed by atoms with van der Waals surface area (Å²) in [5.74, 6) is -0.0371. The van der Waals surface area contributed by atoms with Crippen molar-refractivity contribution in [2.75, 3.05) is 14.1 Å².